The van der Waals surface area contributed by atoms with Crippen LogP contribution in [-0.4, -0.2) is 4.98 Å². The normalized spacial score (nSPS) is 10.3. The van der Waals surface area contributed by atoms with Crippen molar-refractivity contribution in [1.82, 2.24) is 4.98 Å². The Bertz CT molecular complexity index is 536. The van der Waals surface area contributed by atoms with Gasteiger partial charge < -0.3 is 4.74 Å². The van der Waals surface area contributed by atoms with Gasteiger partial charge >= 0.3 is 0 Å². The highest BCUT2D eigenvalue weighted by Gasteiger charge is 2.10. The third-order valence-corrected chi connectivity index (χ3v) is 2.87. The van der Waals surface area contributed by atoms with Crippen molar-refractivity contribution in [3.05, 3.63) is 52.4 Å². The smallest absolute Gasteiger partial charge is 0.256 e. The molecular weight excluding hydrogens is 308 g/mol. The van der Waals surface area contributed by atoms with Gasteiger partial charge in [-0.3, -0.25) is 0 Å². The second-order valence-corrected chi connectivity index (χ2v) is 4.47. The first kappa shape index (κ1) is 12.3. The molecule has 0 N–H and O–H groups in total. The molecule has 0 radical (unpaired) electrons. The van der Waals surface area contributed by atoms with Crippen molar-refractivity contribution >= 4 is 27.5 Å². The molecule has 88 valence electrons. The maximum Gasteiger partial charge on any atom is 0.256 e. The summed E-state index contributed by atoms with van der Waals surface area (Å²) < 4.78 is 20.0. The van der Waals surface area contributed by atoms with Gasteiger partial charge in [-0.25, -0.2) is 9.37 Å². The molecule has 0 bridgehead atoms. The van der Waals surface area contributed by atoms with E-state index in [1.807, 2.05) is 6.07 Å². The molecule has 1 aromatic heterocycles. The third-order valence-electron chi connectivity index (χ3n) is 2.09. The lowest BCUT2D eigenvalue weighted by atomic mass is 10.3. The highest BCUT2D eigenvalue weighted by atomic mass is 79.9. The van der Waals surface area contributed by atoms with Crippen LogP contribution in [-0.2, 0) is 5.88 Å². The van der Waals surface area contributed by atoms with E-state index in [2.05, 4.69) is 20.9 Å². The molecule has 2 nitrogen and oxygen atoms in total. The summed E-state index contributed by atoms with van der Waals surface area (Å²) in [6.07, 6.45) is 1.47. The summed E-state index contributed by atoms with van der Waals surface area (Å²) in [5.41, 5.74) is 0.367. The van der Waals surface area contributed by atoms with Gasteiger partial charge in [0.1, 0.15) is 5.75 Å². The molecule has 0 aliphatic carbocycles. The van der Waals surface area contributed by atoms with E-state index in [-0.39, 0.29) is 11.8 Å². The molecule has 0 amide bonds. The summed E-state index contributed by atoms with van der Waals surface area (Å²) in [6, 6.07) is 8.62. The Labute approximate surface area is 112 Å². The lowest BCUT2D eigenvalue weighted by Gasteiger charge is -2.07. The lowest BCUT2D eigenvalue weighted by Crippen LogP contribution is -1.95. The Hall–Kier alpha value is -1.13. The van der Waals surface area contributed by atoms with Crippen LogP contribution in [0.2, 0.25) is 0 Å². The number of halogens is 3. The summed E-state index contributed by atoms with van der Waals surface area (Å²) in [5.74, 6) is 0.00430. The molecule has 0 aliphatic heterocycles. The van der Waals surface area contributed by atoms with Crippen molar-refractivity contribution in [2.75, 3.05) is 0 Å². The number of nitrogens with zero attached hydrogens (tertiary/aromatic N) is 1. The van der Waals surface area contributed by atoms with E-state index in [0.717, 1.165) is 4.47 Å². The van der Waals surface area contributed by atoms with Gasteiger partial charge in [-0.15, -0.1) is 11.6 Å². The molecule has 1 heterocycles. The summed E-state index contributed by atoms with van der Waals surface area (Å²) >= 11 is 8.91. The first-order chi connectivity index (χ1) is 8.20. The third kappa shape index (κ3) is 2.96. The van der Waals surface area contributed by atoms with Crippen LogP contribution in [0.4, 0.5) is 4.39 Å². The van der Waals surface area contributed by atoms with E-state index in [4.69, 9.17) is 16.3 Å². The van der Waals surface area contributed by atoms with Crippen LogP contribution in [0.25, 0.3) is 0 Å². The fourth-order valence-corrected chi connectivity index (χ4v) is 1.86. The Balaban J connectivity index is 2.30. The second kappa shape index (κ2) is 5.47. The maximum absolute atomic E-state index is 13.8. The van der Waals surface area contributed by atoms with Crippen LogP contribution in [0.5, 0.6) is 11.6 Å². The number of aromatic nitrogens is 1. The molecule has 0 saturated carbocycles. The van der Waals surface area contributed by atoms with Gasteiger partial charge in [0, 0.05) is 16.2 Å². The van der Waals surface area contributed by atoms with Crippen molar-refractivity contribution in [2.24, 2.45) is 0 Å². The zero-order valence-electron chi connectivity index (χ0n) is 8.66. The number of hydrogen-bond donors (Lipinski definition) is 0. The summed E-state index contributed by atoms with van der Waals surface area (Å²) in [4.78, 5) is 3.84. The minimum absolute atomic E-state index is 0.0683. The predicted molar refractivity (Wildman–Crippen MR) is 68.0 cm³/mol. The number of hydrogen-bond acceptors (Lipinski definition) is 2. The van der Waals surface area contributed by atoms with Crippen LogP contribution in [0.3, 0.4) is 0 Å². The van der Waals surface area contributed by atoms with Crippen LogP contribution < -0.4 is 4.74 Å². The monoisotopic (exact) mass is 315 g/mol. The molecule has 0 atom stereocenters. The molecule has 5 heteroatoms. The van der Waals surface area contributed by atoms with Crippen molar-refractivity contribution in [2.45, 2.75) is 5.88 Å². The van der Waals surface area contributed by atoms with Gasteiger partial charge in [0.15, 0.2) is 5.82 Å². The molecule has 2 aromatic rings. The van der Waals surface area contributed by atoms with Gasteiger partial charge in [-0.2, -0.15) is 0 Å². The summed E-state index contributed by atoms with van der Waals surface area (Å²) in [5, 5.41) is 0. The summed E-state index contributed by atoms with van der Waals surface area (Å²) in [7, 11) is 0. The fourth-order valence-electron chi connectivity index (χ4n) is 1.28. The molecule has 1 aromatic carbocycles. The minimum Gasteiger partial charge on any atom is -0.436 e. The molecular formula is C12H8BrClFNO. The fraction of sp³-hybridized carbons (Fsp3) is 0.0833. The molecule has 0 fully saturated rings. The first-order valence-corrected chi connectivity index (χ1v) is 6.16. The maximum atomic E-state index is 13.8. The molecule has 0 spiro atoms. The number of pyridine rings is 1. The molecule has 2 rings (SSSR count). The Morgan fingerprint density at radius 1 is 1.35 bits per heavy atom. The predicted octanol–water partition coefficient (Wildman–Crippen LogP) is 4.51. The van der Waals surface area contributed by atoms with Crippen LogP contribution >= 0.6 is 27.5 Å². The van der Waals surface area contributed by atoms with Crippen LogP contribution in [0.1, 0.15) is 5.56 Å². The van der Waals surface area contributed by atoms with E-state index in [1.54, 1.807) is 18.2 Å². The number of rotatable bonds is 3. The highest BCUT2D eigenvalue weighted by Crippen LogP contribution is 2.26. The van der Waals surface area contributed by atoms with E-state index in [1.165, 1.54) is 12.3 Å². The number of ether oxygens (including phenoxy) is 1. The Kier molecular flexibility index (Phi) is 3.97. The SMILES string of the molecule is Fc1c(CCl)ccnc1Oc1cccc(Br)c1. The lowest BCUT2D eigenvalue weighted by molar-refractivity contribution is 0.420. The van der Waals surface area contributed by atoms with E-state index in [9.17, 15) is 4.39 Å². The average Bonchev–Trinajstić information content (AvgIpc) is 2.32. The van der Waals surface area contributed by atoms with Crippen molar-refractivity contribution in [1.29, 1.82) is 0 Å². The summed E-state index contributed by atoms with van der Waals surface area (Å²) in [6.45, 7) is 0. The zero-order chi connectivity index (χ0) is 12.3. The van der Waals surface area contributed by atoms with Crippen molar-refractivity contribution in [3.63, 3.8) is 0 Å². The number of benzene rings is 1. The Morgan fingerprint density at radius 2 is 2.18 bits per heavy atom. The second-order valence-electron chi connectivity index (χ2n) is 3.28. The topological polar surface area (TPSA) is 22.1 Å². The van der Waals surface area contributed by atoms with Gasteiger partial charge in [-0.05, 0) is 24.3 Å². The van der Waals surface area contributed by atoms with E-state index < -0.39 is 5.82 Å². The molecule has 17 heavy (non-hydrogen) atoms. The van der Waals surface area contributed by atoms with E-state index in [0.29, 0.717) is 11.3 Å². The average molecular weight is 317 g/mol. The molecule has 0 saturated heterocycles. The van der Waals surface area contributed by atoms with Crippen LogP contribution in [0, 0.1) is 5.82 Å². The quantitative estimate of drug-likeness (QED) is 0.777. The highest BCUT2D eigenvalue weighted by molar-refractivity contribution is 9.10. The van der Waals surface area contributed by atoms with Gasteiger partial charge in [-0.1, -0.05) is 22.0 Å². The van der Waals surface area contributed by atoms with E-state index >= 15 is 0 Å². The van der Waals surface area contributed by atoms with Gasteiger partial charge in [0.05, 0.1) is 5.88 Å². The minimum atomic E-state index is -0.525. The van der Waals surface area contributed by atoms with Gasteiger partial charge in [0.2, 0.25) is 0 Å². The molecule has 0 aliphatic rings. The van der Waals surface area contributed by atoms with Crippen molar-refractivity contribution in [3.8, 4) is 11.6 Å². The standard InChI is InChI=1S/C12H8BrClFNO/c13-9-2-1-3-10(6-9)17-12-11(15)8(7-14)4-5-16-12/h1-6H,7H2. The number of alkyl halides is 1. The van der Waals surface area contributed by atoms with Gasteiger partial charge in [0.25, 0.3) is 5.88 Å². The first-order valence-electron chi connectivity index (χ1n) is 4.83. The van der Waals surface area contributed by atoms with Crippen LogP contribution in [0.15, 0.2) is 41.0 Å². The Morgan fingerprint density at radius 3 is 2.88 bits per heavy atom. The molecule has 0 unspecified atom stereocenters. The zero-order valence-corrected chi connectivity index (χ0v) is 11.0. The van der Waals surface area contributed by atoms with Crippen molar-refractivity contribution < 1.29 is 9.13 Å². The largest absolute Gasteiger partial charge is 0.436 e.